The van der Waals surface area contributed by atoms with Gasteiger partial charge in [0, 0.05) is 0 Å². The molecular formula is C17H22O5Si. The van der Waals surface area contributed by atoms with Crippen LogP contribution in [0.2, 0.25) is 19.6 Å². The number of carbonyl (C=O) groups excluding carboxylic acids is 2. The van der Waals surface area contributed by atoms with Crippen LogP contribution in [-0.2, 0) is 23.5 Å². The molecule has 0 aromatic heterocycles. The molecule has 5 nitrogen and oxygen atoms in total. The summed E-state index contributed by atoms with van der Waals surface area (Å²) in [5.74, 6) is -1.28. The predicted octanol–water partition coefficient (Wildman–Crippen LogP) is 2.85. The van der Waals surface area contributed by atoms with Crippen molar-refractivity contribution in [3.8, 4) is 0 Å². The van der Waals surface area contributed by atoms with Gasteiger partial charge in [0.15, 0.2) is 8.32 Å². The van der Waals surface area contributed by atoms with Gasteiger partial charge in [0.25, 0.3) is 0 Å². The molecule has 0 bridgehead atoms. The SMILES string of the molecule is COC(=O)C1(C(=O)OC)C=C1C(O[Si](C)(C)C)c1ccccc1. The summed E-state index contributed by atoms with van der Waals surface area (Å²) in [5.41, 5.74) is 0.0320. The Morgan fingerprint density at radius 1 is 1.00 bits per heavy atom. The first-order valence-electron chi connectivity index (χ1n) is 7.39. The van der Waals surface area contributed by atoms with E-state index in [1.165, 1.54) is 14.2 Å². The Hall–Kier alpha value is -1.92. The summed E-state index contributed by atoms with van der Waals surface area (Å²) in [4.78, 5) is 24.4. The highest BCUT2D eigenvalue weighted by atomic mass is 28.4. The van der Waals surface area contributed by atoms with Crippen molar-refractivity contribution < 1.29 is 23.5 Å². The topological polar surface area (TPSA) is 61.8 Å². The van der Waals surface area contributed by atoms with E-state index in [-0.39, 0.29) is 0 Å². The number of methoxy groups -OCH3 is 2. The first-order chi connectivity index (χ1) is 10.8. The fraction of sp³-hybridized carbons (Fsp3) is 0.412. The highest BCUT2D eigenvalue weighted by Gasteiger charge is 2.62. The second-order valence-corrected chi connectivity index (χ2v) is 10.9. The minimum Gasteiger partial charge on any atom is -0.468 e. The molecule has 0 spiro atoms. The quantitative estimate of drug-likeness (QED) is 0.346. The fourth-order valence-corrected chi connectivity index (χ4v) is 3.50. The predicted molar refractivity (Wildman–Crippen MR) is 88.2 cm³/mol. The van der Waals surface area contributed by atoms with Crippen LogP contribution in [0.1, 0.15) is 11.7 Å². The summed E-state index contributed by atoms with van der Waals surface area (Å²) in [6.45, 7) is 6.18. The molecule has 1 aliphatic carbocycles. The van der Waals surface area contributed by atoms with Gasteiger partial charge in [-0.3, -0.25) is 9.59 Å². The molecule has 1 aliphatic rings. The van der Waals surface area contributed by atoms with E-state index >= 15 is 0 Å². The molecule has 23 heavy (non-hydrogen) atoms. The Kier molecular flexibility index (Phi) is 4.77. The molecule has 0 saturated heterocycles. The maximum Gasteiger partial charge on any atom is 0.331 e. The zero-order chi connectivity index (χ0) is 17.3. The molecule has 0 heterocycles. The molecule has 0 N–H and O–H groups in total. The van der Waals surface area contributed by atoms with Gasteiger partial charge in [-0.25, -0.2) is 0 Å². The van der Waals surface area contributed by atoms with E-state index in [9.17, 15) is 9.59 Å². The molecule has 1 unspecified atom stereocenters. The monoisotopic (exact) mass is 334 g/mol. The summed E-state index contributed by atoms with van der Waals surface area (Å²) < 4.78 is 15.9. The van der Waals surface area contributed by atoms with Crippen LogP contribution in [0.15, 0.2) is 42.0 Å². The first-order valence-corrected chi connectivity index (χ1v) is 10.8. The molecule has 1 aromatic rings. The average molecular weight is 334 g/mol. The number of ether oxygens (including phenoxy) is 2. The lowest BCUT2D eigenvalue weighted by atomic mass is 9.94. The lowest BCUT2D eigenvalue weighted by Gasteiger charge is -2.27. The van der Waals surface area contributed by atoms with E-state index in [2.05, 4.69) is 19.6 Å². The van der Waals surface area contributed by atoms with Crippen molar-refractivity contribution in [2.24, 2.45) is 5.41 Å². The highest BCUT2D eigenvalue weighted by molar-refractivity contribution is 6.69. The Bertz CT molecular complexity index is 614. The Morgan fingerprint density at radius 2 is 1.52 bits per heavy atom. The van der Waals surface area contributed by atoms with Crippen LogP contribution >= 0.6 is 0 Å². The Labute approximate surface area is 137 Å². The third-order valence-electron chi connectivity index (χ3n) is 3.61. The average Bonchev–Trinajstić information content (AvgIpc) is 3.27. The molecule has 0 fully saturated rings. The van der Waals surface area contributed by atoms with Crippen molar-refractivity contribution >= 4 is 20.3 Å². The second-order valence-electron chi connectivity index (χ2n) is 6.41. The van der Waals surface area contributed by atoms with Crippen molar-refractivity contribution in [3.63, 3.8) is 0 Å². The maximum absolute atomic E-state index is 12.2. The smallest absolute Gasteiger partial charge is 0.331 e. The van der Waals surface area contributed by atoms with Crippen molar-refractivity contribution in [1.29, 1.82) is 0 Å². The van der Waals surface area contributed by atoms with E-state index < -0.39 is 31.8 Å². The summed E-state index contributed by atoms with van der Waals surface area (Å²) in [7, 11) is 0.592. The maximum atomic E-state index is 12.2. The summed E-state index contributed by atoms with van der Waals surface area (Å²) >= 11 is 0. The Morgan fingerprint density at radius 3 is 1.96 bits per heavy atom. The summed E-state index contributed by atoms with van der Waals surface area (Å²) in [5, 5.41) is 0. The van der Waals surface area contributed by atoms with E-state index in [4.69, 9.17) is 13.9 Å². The number of rotatable bonds is 6. The number of hydrogen-bond acceptors (Lipinski definition) is 5. The minimum atomic E-state index is -1.92. The summed E-state index contributed by atoms with van der Waals surface area (Å²) in [6, 6.07) is 9.55. The van der Waals surface area contributed by atoms with E-state index in [0.717, 1.165) is 5.56 Å². The second kappa shape index (κ2) is 6.29. The Balaban J connectivity index is 2.39. The summed E-state index contributed by atoms with van der Waals surface area (Å²) in [6.07, 6.45) is 1.13. The van der Waals surface area contributed by atoms with Crippen LogP contribution in [-0.4, -0.2) is 34.5 Å². The standard InChI is InChI=1S/C17H22O5Si/c1-20-15(18)17(16(19)21-2)11-13(17)14(22-23(3,4)5)12-9-7-6-8-10-12/h6-11,14H,1-5H3. The molecule has 1 aromatic carbocycles. The fourth-order valence-electron chi connectivity index (χ4n) is 2.53. The highest BCUT2D eigenvalue weighted by Crippen LogP contribution is 2.54. The van der Waals surface area contributed by atoms with Gasteiger partial charge in [0.2, 0.25) is 5.41 Å². The lowest BCUT2D eigenvalue weighted by molar-refractivity contribution is -0.160. The van der Waals surface area contributed by atoms with Gasteiger partial charge in [-0.1, -0.05) is 30.3 Å². The zero-order valence-corrected chi connectivity index (χ0v) is 15.1. The number of benzene rings is 1. The van der Waals surface area contributed by atoms with Gasteiger partial charge in [-0.05, 0) is 36.9 Å². The van der Waals surface area contributed by atoms with Crippen molar-refractivity contribution in [1.82, 2.24) is 0 Å². The van der Waals surface area contributed by atoms with Crippen LogP contribution in [0.4, 0.5) is 0 Å². The van der Waals surface area contributed by atoms with Gasteiger partial charge in [-0.15, -0.1) is 0 Å². The molecule has 1 atom stereocenters. The third kappa shape index (κ3) is 3.38. The largest absolute Gasteiger partial charge is 0.468 e. The van der Waals surface area contributed by atoms with Gasteiger partial charge < -0.3 is 13.9 Å². The zero-order valence-electron chi connectivity index (χ0n) is 14.1. The van der Waals surface area contributed by atoms with E-state index in [1.54, 1.807) is 6.08 Å². The molecule has 0 aliphatic heterocycles. The van der Waals surface area contributed by atoms with Gasteiger partial charge in [0.05, 0.1) is 20.3 Å². The lowest BCUT2D eigenvalue weighted by Crippen LogP contribution is -2.35. The third-order valence-corrected chi connectivity index (χ3v) is 4.56. The molecular weight excluding hydrogens is 312 g/mol. The molecule has 2 rings (SSSR count). The minimum absolute atomic E-state index is 0.457. The van der Waals surface area contributed by atoms with Gasteiger partial charge in [-0.2, -0.15) is 0 Å². The van der Waals surface area contributed by atoms with E-state index in [1.807, 2.05) is 30.3 Å². The molecule has 0 radical (unpaired) electrons. The number of carbonyl (C=O) groups is 2. The van der Waals surface area contributed by atoms with Crippen LogP contribution in [0.25, 0.3) is 0 Å². The van der Waals surface area contributed by atoms with Crippen LogP contribution in [0, 0.1) is 5.41 Å². The normalized spacial score (nSPS) is 17.0. The molecule has 0 saturated carbocycles. The van der Waals surface area contributed by atoms with E-state index in [0.29, 0.717) is 5.57 Å². The van der Waals surface area contributed by atoms with Crippen LogP contribution < -0.4 is 0 Å². The van der Waals surface area contributed by atoms with Crippen molar-refractivity contribution in [2.75, 3.05) is 14.2 Å². The van der Waals surface area contributed by atoms with Crippen molar-refractivity contribution in [2.45, 2.75) is 25.7 Å². The number of esters is 2. The molecule has 6 heteroatoms. The van der Waals surface area contributed by atoms with Crippen molar-refractivity contribution in [3.05, 3.63) is 47.5 Å². The molecule has 124 valence electrons. The van der Waals surface area contributed by atoms with Crippen LogP contribution in [0.3, 0.4) is 0 Å². The first kappa shape index (κ1) is 17.4. The van der Waals surface area contributed by atoms with Crippen LogP contribution in [0.5, 0.6) is 0 Å². The molecule has 0 amide bonds. The van der Waals surface area contributed by atoms with Gasteiger partial charge >= 0.3 is 11.9 Å². The number of hydrogen-bond donors (Lipinski definition) is 0. The van der Waals surface area contributed by atoms with Gasteiger partial charge in [0.1, 0.15) is 0 Å².